The van der Waals surface area contributed by atoms with Gasteiger partial charge in [-0.2, -0.15) is 0 Å². The molecule has 0 atom stereocenters. The molecule has 2 amide bonds. The van der Waals surface area contributed by atoms with Crippen molar-refractivity contribution in [3.63, 3.8) is 0 Å². The number of hydrogen-bond acceptors (Lipinski definition) is 3. The average molecular weight is 563 g/mol. The van der Waals surface area contributed by atoms with Crippen molar-refractivity contribution in [2.24, 2.45) is 0 Å². The summed E-state index contributed by atoms with van der Waals surface area (Å²) < 4.78 is 2.03. The number of nitrogens with zero attached hydrogens (tertiary/aromatic N) is 3. The first kappa shape index (κ1) is 28.2. The van der Waals surface area contributed by atoms with Crippen molar-refractivity contribution in [1.82, 2.24) is 19.8 Å². The highest BCUT2D eigenvalue weighted by molar-refractivity contribution is 5.82. The molecule has 0 unspecified atom stereocenters. The third kappa shape index (κ3) is 6.59. The van der Waals surface area contributed by atoms with Gasteiger partial charge in [0.15, 0.2) is 0 Å². The van der Waals surface area contributed by atoms with Gasteiger partial charge in [-0.05, 0) is 54.5 Å². The molecule has 3 aromatic carbocycles. The normalized spacial score (nSPS) is 16.4. The summed E-state index contributed by atoms with van der Waals surface area (Å²) in [6, 6.07) is 27.1. The first-order valence-electron chi connectivity index (χ1n) is 15.8. The molecule has 0 spiro atoms. The number of carbonyl (C=O) groups excluding carboxylic acids is 2. The van der Waals surface area contributed by atoms with Gasteiger partial charge in [0.1, 0.15) is 12.4 Å². The monoisotopic (exact) mass is 562 g/mol. The Hall–Kier alpha value is -3.93. The van der Waals surface area contributed by atoms with Crippen LogP contribution in [-0.2, 0) is 29.1 Å². The van der Waals surface area contributed by atoms with Crippen molar-refractivity contribution in [2.45, 2.75) is 95.8 Å². The van der Waals surface area contributed by atoms with Crippen molar-refractivity contribution >= 4 is 22.8 Å². The number of fused-ring (bicyclic) bond motifs is 1. The van der Waals surface area contributed by atoms with Crippen LogP contribution < -0.4 is 5.32 Å². The minimum Gasteiger partial charge on any atom is -0.349 e. The zero-order valence-electron chi connectivity index (χ0n) is 24.5. The number of aromatic nitrogens is 2. The van der Waals surface area contributed by atoms with E-state index in [0.717, 1.165) is 59.2 Å². The van der Waals surface area contributed by atoms with Crippen LogP contribution >= 0.6 is 0 Å². The molecule has 6 heteroatoms. The van der Waals surface area contributed by atoms with Gasteiger partial charge in [-0.15, -0.1) is 0 Å². The Bertz CT molecular complexity index is 1460. The second-order valence-electron chi connectivity index (χ2n) is 12.0. The fourth-order valence-corrected chi connectivity index (χ4v) is 6.95. The van der Waals surface area contributed by atoms with Gasteiger partial charge < -0.3 is 14.8 Å². The Morgan fingerprint density at radius 3 is 2.00 bits per heavy atom. The second kappa shape index (κ2) is 13.4. The Kier molecular flexibility index (Phi) is 8.97. The summed E-state index contributed by atoms with van der Waals surface area (Å²) in [5, 5.41) is 3.08. The quantitative estimate of drug-likeness (QED) is 0.238. The topological polar surface area (TPSA) is 67.2 Å². The third-order valence-electron chi connectivity index (χ3n) is 9.12. The van der Waals surface area contributed by atoms with E-state index in [9.17, 15) is 9.59 Å². The molecule has 2 aliphatic rings. The smallest absolute Gasteiger partial charge is 0.243 e. The molecule has 0 radical (unpaired) electrons. The molecule has 1 heterocycles. The summed E-state index contributed by atoms with van der Waals surface area (Å²) in [4.78, 5) is 34.2. The SMILES string of the molecule is O=C(Cc1ccc(-c2ccccc2)cc1)NCc1nc2ccccc2n1CC(=O)N(C1CCCCC1)C1CCCCC1. The number of amides is 2. The van der Waals surface area contributed by atoms with Crippen molar-refractivity contribution < 1.29 is 9.59 Å². The van der Waals surface area contributed by atoms with E-state index < -0.39 is 0 Å². The zero-order chi connectivity index (χ0) is 28.7. The van der Waals surface area contributed by atoms with Crippen LogP contribution in [0.1, 0.15) is 75.6 Å². The molecule has 4 aromatic rings. The van der Waals surface area contributed by atoms with Crippen LogP contribution in [0.25, 0.3) is 22.2 Å². The Balaban J connectivity index is 1.16. The van der Waals surface area contributed by atoms with E-state index >= 15 is 0 Å². The van der Waals surface area contributed by atoms with E-state index in [1.807, 2.05) is 59.2 Å². The number of hydrogen-bond donors (Lipinski definition) is 1. The molecule has 218 valence electrons. The maximum Gasteiger partial charge on any atom is 0.243 e. The second-order valence-corrected chi connectivity index (χ2v) is 12.0. The molecule has 1 aromatic heterocycles. The molecule has 2 fully saturated rings. The van der Waals surface area contributed by atoms with Crippen LogP contribution in [0.15, 0.2) is 78.9 Å². The van der Waals surface area contributed by atoms with Crippen molar-refractivity contribution in [3.8, 4) is 11.1 Å². The Labute approximate surface area is 249 Å². The first-order valence-corrected chi connectivity index (χ1v) is 15.8. The number of benzene rings is 3. The molecule has 0 bridgehead atoms. The van der Waals surface area contributed by atoms with Crippen molar-refractivity contribution in [2.75, 3.05) is 0 Å². The number of imidazole rings is 1. The summed E-state index contributed by atoms with van der Waals surface area (Å²) in [7, 11) is 0. The molecule has 0 aliphatic heterocycles. The van der Waals surface area contributed by atoms with Crippen LogP contribution in [0.3, 0.4) is 0 Å². The van der Waals surface area contributed by atoms with Crippen LogP contribution in [0.4, 0.5) is 0 Å². The molecule has 0 saturated heterocycles. The maximum atomic E-state index is 14.1. The fraction of sp³-hybridized carbons (Fsp3) is 0.417. The summed E-state index contributed by atoms with van der Waals surface area (Å²) >= 11 is 0. The van der Waals surface area contributed by atoms with E-state index in [1.165, 1.54) is 38.5 Å². The van der Waals surface area contributed by atoms with E-state index in [2.05, 4.69) is 34.5 Å². The van der Waals surface area contributed by atoms with Gasteiger partial charge in [-0.3, -0.25) is 9.59 Å². The lowest BCUT2D eigenvalue weighted by molar-refractivity contribution is -0.138. The summed E-state index contributed by atoms with van der Waals surface area (Å²) in [5.41, 5.74) is 5.05. The largest absolute Gasteiger partial charge is 0.349 e. The molecule has 2 saturated carbocycles. The maximum absolute atomic E-state index is 14.1. The predicted octanol–water partition coefficient (Wildman–Crippen LogP) is 7.06. The van der Waals surface area contributed by atoms with Gasteiger partial charge >= 0.3 is 0 Å². The van der Waals surface area contributed by atoms with Crippen molar-refractivity contribution in [1.29, 1.82) is 0 Å². The van der Waals surface area contributed by atoms with Gasteiger partial charge in [0, 0.05) is 12.1 Å². The van der Waals surface area contributed by atoms with Gasteiger partial charge in [0.25, 0.3) is 0 Å². The highest BCUT2D eigenvalue weighted by Crippen LogP contribution is 2.31. The third-order valence-corrected chi connectivity index (χ3v) is 9.12. The van der Waals surface area contributed by atoms with Crippen LogP contribution in [0.5, 0.6) is 0 Å². The lowest BCUT2D eigenvalue weighted by Gasteiger charge is -2.42. The summed E-state index contributed by atoms with van der Waals surface area (Å²) in [6.45, 7) is 0.551. The van der Waals surface area contributed by atoms with E-state index in [0.29, 0.717) is 18.5 Å². The van der Waals surface area contributed by atoms with Crippen LogP contribution in [0.2, 0.25) is 0 Å². The average Bonchev–Trinajstić information content (AvgIpc) is 3.39. The molecular weight excluding hydrogens is 520 g/mol. The van der Waals surface area contributed by atoms with E-state index in [-0.39, 0.29) is 24.9 Å². The number of nitrogens with one attached hydrogen (secondary N) is 1. The standard InChI is InChI=1S/C36H42N4O2/c41-35(24-27-20-22-29(23-21-27)28-12-4-1-5-13-28)37-25-34-38-32-18-10-11-19-33(32)39(34)26-36(42)40(30-14-6-2-7-15-30)31-16-8-3-9-17-31/h1,4-5,10-13,18-23,30-31H,2-3,6-9,14-17,24-26H2,(H,37,41). The van der Waals surface area contributed by atoms with E-state index in [1.54, 1.807) is 0 Å². The van der Waals surface area contributed by atoms with Gasteiger partial charge in [0.2, 0.25) is 11.8 Å². The number of rotatable bonds is 9. The molecule has 6 nitrogen and oxygen atoms in total. The Morgan fingerprint density at radius 2 is 1.33 bits per heavy atom. The van der Waals surface area contributed by atoms with Crippen LogP contribution in [-0.4, -0.2) is 38.3 Å². The Morgan fingerprint density at radius 1 is 0.738 bits per heavy atom. The lowest BCUT2D eigenvalue weighted by atomic mass is 9.88. The lowest BCUT2D eigenvalue weighted by Crippen LogP contribution is -2.50. The van der Waals surface area contributed by atoms with Gasteiger partial charge in [-0.1, -0.05) is 105 Å². The molecule has 2 aliphatic carbocycles. The van der Waals surface area contributed by atoms with Gasteiger partial charge in [-0.25, -0.2) is 4.98 Å². The molecule has 6 rings (SSSR count). The number of para-hydroxylation sites is 2. The highest BCUT2D eigenvalue weighted by atomic mass is 16.2. The molecule has 42 heavy (non-hydrogen) atoms. The summed E-state index contributed by atoms with van der Waals surface area (Å²) in [5.74, 6) is 0.867. The summed E-state index contributed by atoms with van der Waals surface area (Å²) in [6.07, 6.45) is 12.1. The van der Waals surface area contributed by atoms with Crippen molar-refractivity contribution in [3.05, 3.63) is 90.3 Å². The zero-order valence-corrected chi connectivity index (χ0v) is 24.5. The predicted molar refractivity (Wildman–Crippen MR) is 168 cm³/mol. The first-order chi connectivity index (χ1) is 20.7. The van der Waals surface area contributed by atoms with Gasteiger partial charge in [0.05, 0.1) is 24.0 Å². The molecular formula is C36H42N4O2. The fourth-order valence-electron chi connectivity index (χ4n) is 6.95. The minimum absolute atomic E-state index is 0.0570. The minimum atomic E-state index is -0.0570. The number of carbonyl (C=O) groups is 2. The van der Waals surface area contributed by atoms with Crippen LogP contribution in [0, 0.1) is 0 Å². The highest BCUT2D eigenvalue weighted by Gasteiger charge is 2.33. The molecule has 1 N–H and O–H groups in total. The van der Waals surface area contributed by atoms with E-state index in [4.69, 9.17) is 4.98 Å².